The quantitative estimate of drug-likeness (QED) is 0.372. The van der Waals surface area contributed by atoms with Crippen LogP contribution >= 0.6 is 0 Å². The van der Waals surface area contributed by atoms with Crippen molar-refractivity contribution >= 4 is 34.0 Å². The third kappa shape index (κ3) is 4.77. The maximum Gasteiger partial charge on any atom is 0.242 e. The zero-order chi connectivity index (χ0) is 27.1. The number of nitriles is 1. The third-order valence-electron chi connectivity index (χ3n) is 7.34. The van der Waals surface area contributed by atoms with Crippen molar-refractivity contribution in [1.29, 1.82) is 5.26 Å². The average Bonchev–Trinajstić information content (AvgIpc) is 3.74. The molecule has 0 atom stereocenters. The van der Waals surface area contributed by atoms with Crippen molar-refractivity contribution in [1.82, 2.24) is 19.4 Å². The van der Waals surface area contributed by atoms with Crippen LogP contribution < -0.4 is 15.0 Å². The Morgan fingerprint density at radius 1 is 1.10 bits per heavy atom. The summed E-state index contributed by atoms with van der Waals surface area (Å²) in [4.78, 5) is 25.7. The van der Waals surface area contributed by atoms with Crippen molar-refractivity contribution < 1.29 is 13.9 Å². The highest BCUT2D eigenvalue weighted by Crippen LogP contribution is 2.37. The zero-order valence-corrected chi connectivity index (χ0v) is 21.8. The fraction of sp³-hybridized carbons (Fsp3) is 0.310. The van der Waals surface area contributed by atoms with Gasteiger partial charge < -0.3 is 19.9 Å². The smallest absolute Gasteiger partial charge is 0.242 e. The number of carbonyl (C=O) groups excluding carboxylic acids is 1. The number of piperazine rings is 1. The number of fused-ring (bicyclic) bond motifs is 1. The molecule has 0 spiro atoms. The van der Waals surface area contributed by atoms with Gasteiger partial charge in [-0.2, -0.15) is 5.26 Å². The number of nitrogens with zero attached hydrogens (tertiary/aromatic N) is 6. The van der Waals surface area contributed by atoms with E-state index in [9.17, 15) is 10.1 Å². The molecule has 1 aliphatic carbocycles. The molecule has 2 aromatic carbocycles. The van der Waals surface area contributed by atoms with Gasteiger partial charge in [-0.05, 0) is 69.3 Å². The maximum atomic E-state index is 15.5. The van der Waals surface area contributed by atoms with Crippen LogP contribution in [-0.4, -0.2) is 58.6 Å². The van der Waals surface area contributed by atoms with Gasteiger partial charge >= 0.3 is 0 Å². The molecular formula is C29H28FN7O2. The molecule has 1 saturated carbocycles. The number of aryl methyl sites for hydroxylation is 1. The Hall–Kier alpha value is -4.49. The van der Waals surface area contributed by atoms with Crippen molar-refractivity contribution in [3.8, 4) is 17.7 Å². The molecule has 0 radical (unpaired) electrons. The van der Waals surface area contributed by atoms with E-state index in [0.717, 1.165) is 50.4 Å². The van der Waals surface area contributed by atoms with Crippen LogP contribution in [0.2, 0.25) is 0 Å². The number of anilines is 3. The standard InChI is InChI=1S/C29H28FN7O2/c1-18-15-22-24(37(18)29(38)19-3-4-19)9-10-25(26(22)30)39-28-23(16-31)27(32-17-33-28)34-20-5-7-21(8-6-20)36-13-11-35(2)12-14-36/h5-10,15,17,19H,3-4,11-14H2,1-2H3,(H,32,33,34). The third-order valence-corrected chi connectivity index (χ3v) is 7.34. The lowest BCUT2D eigenvalue weighted by molar-refractivity contribution is 0.0889. The predicted molar refractivity (Wildman–Crippen MR) is 146 cm³/mol. The Bertz CT molecular complexity index is 1600. The van der Waals surface area contributed by atoms with E-state index in [0.29, 0.717) is 11.2 Å². The van der Waals surface area contributed by atoms with Crippen LogP contribution in [0.5, 0.6) is 11.6 Å². The first-order valence-electron chi connectivity index (χ1n) is 13.0. The van der Waals surface area contributed by atoms with Crippen LogP contribution in [0, 0.1) is 30.0 Å². The number of hydrogen-bond donors (Lipinski definition) is 1. The molecule has 0 unspecified atom stereocenters. The van der Waals surface area contributed by atoms with E-state index >= 15 is 4.39 Å². The van der Waals surface area contributed by atoms with Crippen molar-refractivity contribution in [2.45, 2.75) is 19.8 Å². The van der Waals surface area contributed by atoms with Gasteiger partial charge in [-0.1, -0.05) is 0 Å². The highest BCUT2D eigenvalue weighted by molar-refractivity contribution is 5.96. The highest BCUT2D eigenvalue weighted by Gasteiger charge is 2.32. The molecule has 1 N–H and O–H groups in total. The summed E-state index contributed by atoms with van der Waals surface area (Å²) >= 11 is 0. The van der Waals surface area contributed by atoms with E-state index in [2.05, 4.69) is 38.2 Å². The molecule has 0 amide bonds. The van der Waals surface area contributed by atoms with Gasteiger partial charge in [0.2, 0.25) is 11.8 Å². The summed E-state index contributed by atoms with van der Waals surface area (Å²) in [6.45, 7) is 5.77. The fourth-order valence-corrected chi connectivity index (χ4v) is 4.95. The van der Waals surface area contributed by atoms with Gasteiger partial charge in [-0.25, -0.2) is 14.4 Å². The summed E-state index contributed by atoms with van der Waals surface area (Å²) in [6.07, 6.45) is 2.99. The van der Waals surface area contributed by atoms with Crippen LogP contribution in [0.1, 0.15) is 28.9 Å². The van der Waals surface area contributed by atoms with E-state index in [-0.39, 0.29) is 40.2 Å². The maximum absolute atomic E-state index is 15.5. The Kier molecular flexibility index (Phi) is 6.37. The van der Waals surface area contributed by atoms with Gasteiger partial charge in [0, 0.05) is 54.6 Å². The molecule has 1 aliphatic heterocycles. The second-order valence-corrected chi connectivity index (χ2v) is 10.1. The Morgan fingerprint density at radius 2 is 1.85 bits per heavy atom. The first kappa shape index (κ1) is 24.8. The molecule has 3 heterocycles. The fourth-order valence-electron chi connectivity index (χ4n) is 4.95. The van der Waals surface area contributed by atoms with Crippen molar-refractivity contribution in [2.75, 3.05) is 43.4 Å². The molecule has 4 aromatic rings. The van der Waals surface area contributed by atoms with Crippen molar-refractivity contribution in [3.05, 3.63) is 65.9 Å². The molecule has 6 rings (SSSR count). The zero-order valence-electron chi connectivity index (χ0n) is 21.8. The summed E-state index contributed by atoms with van der Waals surface area (Å²) in [5.74, 6) is -0.511. The molecular weight excluding hydrogens is 497 g/mol. The SMILES string of the molecule is Cc1cc2c(F)c(Oc3ncnc(Nc4ccc(N5CCN(C)CC5)cc4)c3C#N)ccc2n1C(=O)C1CC1. The van der Waals surface area contributed by atoms with Crippen LogP contribution in [-0.2, 0) is 0 Å². The number of likely N-dealkylation sites (N-methyl/N-ethyl adjacent to an activating group) is 1. The van der Waals surface area contributed by atoms with E-state index in [1.165, 1.54) is 12.4 Å². The minimum atomic E-state index is -0.616. The summed E-state index contributed by atoms with van der Waals surface area (Å²) in [5, 5.41) is 13.3. The van der Waals surface area contributed by atoms with E-state index in [1.807, 2.05) is 24.3 Å². The van der Waals surface area contributed by atoms with Crippen molar-refractivity contribution in [2.24, 2.45) is 5.92 Å². The molecule has 2 aliphatic rings. The lowest BCUT2D eigenvalue weighted by Gasteiger charge is -2.34. The molecule has 0 bridgehead atoms. The largest absolute Gasteiger partial charge is 0.434 e. The van der Waals surface area contributed by atoms with Gasteiger partial charge in [0.05, 0.1) is 5.52 Å². The summed E-state index contributed by atoms with van der Waals surface area (Å²) in [5.41, 5.74) is 3.11. The minimum Gasteiger partial charge on any atom is -0.434 e. The Morgan fingerprint density at radius 3 is 2.54 bits per heavy atom. The number of benzene rings is 2. The topological polar surface area (TPSA) is 99.3 Å². The summed E-state index contributed by atoms with van der Waals surface area (Å²) in [7, 11) is 2.12. The number of rotatable bonds is 6. The van der Waals surface area contributed by atoms with Gasteiger partial charge in [-0.3, -0.25) is 9.36 Å². The van der Waals surface area contributed by atoms with Crippen molar-refractivity contribution in [3.63, 3.8) is 0 Å². The van der Waals surface area contributed by atoms with Gasteiger partial charge in [-0.15, -0.1) is 0 Å². The number of aromatic nitrogens is 3. The van der Waals surface area contributed by atoms with Gasteiger partial charge in [0.1, 0.15) is 12.4 Å². The predicted octanol–water partition coefficient (Wildman–Crippen LogP) is 5.09. The Balaban J connectivity index is 1.24. The number of carbonyl (C=O) groups is 1. The van der Waals surface area contributed by atoms with Gasteiger partial charge in [0.25, 0.3) is 0 Å². The number of nitrogens with one attached hydrogen (secondary N) is 1. The number of hydrogen-bond acceptors (Lipinski definition) is 8. The molecule has 10 heteroatoms. The van der Waals surface area contributed by atoms with Crippen LogP contribution in [0.4, 0.5) is 21.6 Å². The van der Waals surface area contributed by atoms with Gasteiger partial charge in [0.15, 0.2) is 22.9 Å². The lowest BCUT2D eigenvalue weighted by atomic mass is 10.2. The average molecular weight is 526 g/mol. The molecule has 2 fully saturated rings. The Labute approximate surface area is 225 Å². The molecule has 1 saturated heterocycles. The molecule has 39 heavy (non-hydrogen) atoms. The highest BCUT2D eigenvalue weighted by atomic mass is 19.1. The second kappa shape index (κ2) is 10.0. The molecule has 9 nitrogen and oxygen atoms in total. The first-order valence-corrected chi connectivity index (χ1v) is 13.0. The first-order chi connectivity index (χ1) is 18.9. The summed E-state index contributed by atoms with van der Waals surface area (Å²) in [6, 6.07) is 14.8. The number of halogens is 1. The second-order valence-electron chi connectivity index (χ2n) is 10.1. The van der Waals surface area contributed by atoms with E-state index in [4.69, 9.17) is 4.74 Å². The van der Waals surface area contributed by atoms with Crippen LogP contribution in [0.15, 0.2) is 48.8 Å². The molecule has 198 valence electrons. The van der Waals surface area contributed by atoms with E-state index < -0.39 is 5.82 Å². The minimum absolute atomic E-state index is 0.00593. The monoisotopic (exact) mass is 525 g/mol. The lowest BCUT2D eigenvalue weighted by Crippen LogP contribution is -2.44. The van der Waals surface area contributed by atoms with Crippen LogP contribution in [0.25, 0.3) is 10.9 Å². The number of ether oxygens (including phenoxy) is 1. The normalized spacial score (nSPS) is 15.8. The van der Waals surface area contributed by atoms with E-state index in [1.54, 1.807) is 23.6 Å². The summed E-state index contributed by atoms with van der Waals surface area (Å²) < 4.78 is 22.9. The van der Waals surface area contributed by atoms with Crippen LogP contribution in [0.3, 0.4) is 0 Å². The molecule has 2 aromatic heterocycles.